The summed E-state index contributed by atoms with van der Waals surface area (Å²) in [5.74, 6) is 0. The summed E-state index contributed by atoms with van der Waals surface area (Å²) in [6.07, 6.45) is 3.98. The van der Waals surface area contributed by atoms with Crippen molar-refractivity contribution in [3.63, 3.8) is 0 Å². The average molecular weight is 599 g/mol. The predicted molar refractivity (Wildman–Crippen MR) is 184 cm³/mol. The number of hydrogen-bond donors (Lipinski definition) is 0. The Morgan fingerprint density at radius 2 is 0.739 bits per heavy atom. The Bertz CT molecular complexity index is 1670. The van der Waals surface area contributed by atoms with Crippen LogP contribution in [0.1, 0.15) is 5.56 Å². The highest BCUT2D eigenvalue weighted by molar-refractivity contribution is 6.55. The van der Waals surface area contributed by atoms with Gasteiger partial charge in [-0.25, -0.2) is 9.97 Å². The van der Waals surface area contributed by atoms with Crippen molar-refractivity contribution in [1.29, 1.82) is 0 Å². The predicted octanol–water partition coefficient (Wildman–Crippen LogP) is 6.08. The molecule has 0 spiro atoms. The number of rotatable bonds is 5. The first-order valence-electron chi connectivity index (χ1n) is 15.2. The van der Waals surface area contributed by atoms with Gasteiger partial charge in [0.05, 0.1) is 0 Å². The zero-order valence-electron chi connectivity index (χ0n) is 25.7. The van der Waals surface area contributed by atoms with E-state index in [4.69, 9.17) is 0 Å². The summed E-state index contributed by atoms with van der Waals surface area (Å²) in [5, 5.41) is 20.6. The summed E-state index contributed by atoms with van der Waals surface area (Å²) in [7, 11) is -1.85. The molecule has 0 aliphatic carbocycles. The van der Waals surface area contributed by atoms with Crippen molar-refractivity contribution in [2.24, 2.45) is 0 Å². The molecule has 0 aliphatic rings. The number of aryl methyl sites for hydroxylation is 1. The SMILES string of the molecule is Cc1ccc(B([O-])[O-])cc1.c1ccc(-c2cc[nH+]c(-c3ccccc3)c2)cc1.c1ccc(-c2cc[nH+]c(-c3ccccc3)c2)cc1. The summed E-state index contributed by atoms with van der Waals surface area (Å²) < 4.78 is 0. The fourth-order valence-electron chi connectivity index (χ4n) is 4.85. The van der Waals surface area contributed by atoms with E-state index in [1.165, 1.54) is 33.4 Å². The Hall–Kier alpha value is -5.62. The Morgan fingerprint density at radius 3 is 1.09 bits per heavy atom. The highest BCUT2D eigenvalue weighted by atomic mass is 16.4. The van der Waals surface area contributed by atoms with Crippen LogP contribution in [0.15, 0.2) is 182 Å². The molecule has 0 unspecified atom stereocenters. The third kappa shape index (κ3) is 9.19. The lowest BCUT2D eigenvalue weighted by Crippen LogP contribution is -2.55. The van der Waals surface area contributed by atoms with Crippen LogP contribution in [-0.4, -0.2) is 7.12 Å². The lowest BCUT2D eigenvalue weighted by Gasteiger charge is -2.26. The largest absolute Gasteiger partial charge is 0.889 e. The van der Waals surface area contributed by atoms with Crippen LogP contribution in [0.2, 0.25) is 0 Å². The third-order valence-electron chi connectivity index (χ3n) is 7.34. The number of aromatic amines is 2. The minimum atomic E-state index is -1.85. The highest BCUT2D eigenvalue weighted by Crippen LogP contribution is 2.23. The van der Waals surface area contributed by atoms with Crippen LogP contribution >= 0.6 is 0 Å². The van der Waals surface area contributed by atoms with E-state index >= 15 is 0 Å². The van der Waals surface area contributed by atoms with Crippen molar-refractivity contribution in [3.8, 4) is 44.8 Å². The Labute approximate surface area is 271 Å². The number of nitrogens with one attached hydrogen (secondary N) is 2. The van der Waals surface area contributed by atoms with E-state index in [-0.39, 0.29) is 0 Å². The van der Waals surface area contributed by atoms with Gasteiger partial charge < -0.3 is 10.0 Å². The zero-order valence-corrected chi connectivity index (χ0v) is 25.7. The van der Waals surface area contributed by atoms with Gasteiger partial charge in [0.15, 0.2) is 12.4 Å². The molecule has 0 aliphatic heterocycles. The molecular formula is C41H35BN2O2. The second-order valence-corrected chi connectivity index (χ2v) is 10.7. The van der Waals surface area contributed by atoms with E-state index in [9.17, 15) is 10.0 Å². The van der Waals surface area contributed by atoms with Crippen molar-refractivity contribution in [1.82, 2.24) is 0 Å². The molecule has 5 aromatic carbocycles. The van der Waals surface area contributed by atoms with Gasteiger partial charge in [0.25, 0.3) is 0 Å². The molecule has 0 atom stereocenters. The molecule has 0 fully saturated rings. The van der Waals surface area contributed by atoms with Gasteiger partial charge in [-0.1, -0.05) is 134 Å². The van der Waals surface area contributed by atoms with E-state index in [1.807, 2.05) is 43.6 Å². The molecular weight excluding hydrogens is 563 g/mol. The molecule has 0 saturated heterocycles. The van der Waals surface area contributed by atoms with Crippen molar-refractivity contribution in [3.05, 3.63) is 188 Å². The Balaban J connectivity index is 0.000000142. The molecule has 0 amide bonds. The van der Waals surface area contributed by atoms with Gasteiger partial charge >= 0.3 is 0 Å². The van der Waals surface area contributed by atoms with Crippen LogP contribution in [0, 0.1) is 6.92 Å². The monoisotopic (exact) mass is 598 g/mol. The first-order chi connectivity index (χ1) is 22.6. The maximum atomic E-state index is 10.3. The number of aromatic nitrogens is 2. The minimum Gasteiger partial charge on any atom is -0.889 e. The molecule has 0 bridgehead atoms. The molecule has 7 aromatic rings. The second kappa shape index (κ2) is 16.5. The molecule has 2 N–H and O–H groups in total. The number of pyridine rings is 2. The van der Waals surface area contributed by atoms with Gasteiger partial charge in [0, 0.05) is 35.4 Å². The molecule has 4 nitrogen and oxygen atoms in total. The summed E-state index contributed by atoms with van der Waals surface area (Å²) in [6.45, 7) is 1.91. The molecule has 46 heavy (non-hydrogen) atoms. The molecule has 224 valence electrons. The quantitative estimate of drug-likeness (QED) is 0.225. The van der Waals surface area contributed by atoms with Crippen molar-refractivity contribution < 1.29 is 20.0 Å². The molecule has 7 rings (SSSR count). The molecule has 5 heteroatoms. The molecule has 2 aromatic heterocycles. The number of hydrogen-bond acceptors (Lipinski definition) is 2. The van der Waals surface area contributed by atoms with Crippen LogP contribution in [0.25, 0.3) is 44.8 Å². The summed E-state index contributed by atoms with van der Waals surface area (Å²) in [5.41, 5.74) is 11.0. The van der Waals surface area contributed by atoms with Gasteiger partial charge in [-0.2, -0.15) is 0 Å². The average Bonchev–Trinajstić information content (AvgIpc) is 3.14. The lowest BCUT2D eigenvalue weighted by molar-refractivity contribution is -0.364. The van der Waals surface area contributed by atoms with E-state index in [0.717, 1.165) is 17.0 Å². The fourth-order valence-corrected chi connectivity index (χ4v) is 4.85. The summed E-state index contributed by atoms with van der Waals surface area (Å²) in [4.78, 5) is 6.59. The second-order valence-electron chi connectivity index (χ2n) is 10.7. The van der Waals surface area contributed by atoms with E-state index in [1.54, 1.807) is 24.3 Å². The normalized spacial score (nSPS) is 10.1. The first kappa shape index (κ1) is 31.8. The number of H-pyrrole nitrogens is 2. The molecule has 0 radical (unpaired) electrons. The van der Waals surface area contributed by atoms with Crippen LogP contribution < -0.4 is 25.5 Å². The van der Waals surface area contributed by atoms with Crippen LogP contribution in [0.4, 0.5) is 0 Å². The first-order valence-corrected chi connectivity index (χ1v) is 15.2. The summed E-state index contributed by atoms with van der Waals surface area (Å²) >= 11 is 0. The summed E-state index contributed by atoms with van der Waals surface area (Å²) in [6, 6.07) is 56.8. The smallest absolute Gasteiger partial charge is 0.211 e. The zero-order chi connectivity index (χ0) is 32.0. The van der Waals surface area contributed by atoms with E-state index in [2.05, 4.69) is 131 Å². The van der Waals surface area contributed by atoms with Crippen LogP contribution in [0.3, 0.4) is 0 Å². The molecule has 0 saturated carbocycles. The number of benzene rings is 5. The highest BCUT2D eigenvalue weighted by Gasteiger charge is 2.08. The maximum Gasteiger partial charge on any atom is 0.211 e. The Kier molecular flexibility index (Phi) is 11.4. The topological polar surface area (TPSA) is 74.4 Å². The lowest BCUT2D eigenvalue weighted by atomic mass is 9.80. The van der Waals surface area contributed by atoms with E-state index in [0.29, 0.717) is 5.46 Å². The third-order valence-corrected chi connectivity index (χ3v) is 7.34. The van der Waals surface area contributed by atoms with Gasteiger partial charge in [-0.15, -0.1) is 5.46 Å². The molecule has 2 heterocycles. The standard InChI is InChI=1S/2C17H13N.C7H7BO2/c2*1-3-7-14(8-4-1)16-11-12-18-17(13-16)15-9-5-2-6-10-15;1-6-2-4-7(5-3-6)8(9)10/h2*1-13H;2-5H,1H3/q;;-2/p+2. The van der Waals surface area contributed by atoms with Gasteiger partial charge in [0.1, 0.15) is 0 Å². The van der Waals surface area contributed by atoms with Crippen LogP contribution in [-0.2, 0) is 0 Å². The van der Waals surface area contributed by atoms with Crippen molar-refractivity contribution in [2.45, 2.75) is 6.92 Å². The van der Waals surface area contributed by atoms with Gasteiger partial charge in [-0.05, 0) is 53.4 Å². The minimum absolute atomic E-state index is 0.311. The van der Waals surface area contributed by atoms with Crippen molar-refractivity contribution in [2.75, 3.05) is 0 Å². The maximum absolute atomic E-state index is 10.3. The Morgan fingerprint density at radius 1 is 0.391 bits per heavy atom. The van der Waals surface area contributed by atoms with Gasteiger partial charge in [-0.3, -0.25) is 0 Å². The fraction of sp³-hybridized carbons (Fsp3) is 0.0244. The van der Waals surface area contributed by atoms with Gasteiger partial charge in [0.2, 0.25) is 11.4 Å². The van der Waals surface area contributed by atoms with Crippen LogP contribution in [0.5, 0.6) is 0 Å². The van der Waals surface area contributed by atoms with E-state index < -0.39 is 7.12 Å². The van der Waals surface area contributed by atoms with Crippen molar-refractivity contribution >= 4 is 12.6 Å².